The van der Waals surface area contributed by atoms with Gasteiger partial charge in [0.2, 0.25) is 0 Å². The average Bonchev–Trinajstić information content (AvgIpc) is 3.18. The van der Waals surface area contributed by atoms with Gasteiger partial charge in [-0.2, -0.15) is 0 Å². The van der Waals surface area contributed by atoms with Crippen molar-refractivity contribution in [1.82, 2.24) is 0 Å². The first kappa shape index (κ1) is 12.2. The number of rotatable bonds is 0. The highest BCUT2D eigenvalue weighted by atomic mass is 16.6. The maximum Gasteiger partial charge on any atom is 0.309 e. The molecule has 0 bridgehead atoms. The molecule has 0 unspecified atom stereocenters. The minimum absolute atomic E-state index is 0.00123. The van der Waals surface area contributed by atoms with E-state index >= 15 is 0 Å². The summed E-state index contributed by atoms with van der Waals surface area (Å²) in [5.41, 5.74) is -0.0640. The molecule has 1 saturated carbocycles. The van der Waals surface area contributed by atoms with Crippen molar-refractivity contribution in [2.24, 2.45) is 11.8 Å². The molecule has 19 heavy (non-hydrogen) atoms. The van der Waals surface area contributed by atoms with Crippen LogP contribution in [0.4, 0.5) is 0 Å². The highest BCUT2D eigenvalue weighted by molar-refractivity contribution is 5.75. The Kier molecular flexibility index (Phi) is 2.26. The summed E-state index contributed by atoms with van der Waals surface area (Å²) >= 11 is 0. The summed E-state index contributed by atoms with van der Waals surface area (Å²) in [6.07, 6.45) is 4.56. The van der Waals surface area contributed by atoms with E-state index in [0.29, 0.717) is 12.0 Å². The standard InChI is InChI=1S/C15H22O4/c1-8-9-4-6-14(2)10(18-14)5-7-15(3)12(19-15)11(9)17-13(8)16/h8-12H,4-7H2,1-3H3/t8-,9-,10+,11-,12+,14-,15+/m0/s1. The van der Waals surface area contributed by atoms with E-state index in [4.69, 9.17) is 14.2 Å². The van der Waals surface area contributed by atoms with E-state index in [-0.39, 0.29) is 35.3 Å². The van der Waals surface area contributed by atoms with Gasteiger partial charge in [0.15, 0.2) is 0 Å². The lowest BCUT2D eigenvalue weighted by Gasteiger charge is -2.21. The number of fused-ring (bicyclic) bond motifs is 4. The van der Waals surface area contributed by atoms with Crippen molar-refractivity contribution in [2.45, 2.75) is 76.0 Å². The Morgan fingerprint density at radius 3 is 2.63 bits per heavy atom. The van der Waals surface area contributed by atoms with Crippen LogP contribution in [0.3, 0.4) is 0 Å². The average molecular weight is 266 g/mol. The highest BCUT2D eigenvalue weighted by Gasteiger charge is 2.64. The Morgan fingerprint density at radius 1 is 1.11 bits per heavy atom. The van der Waals surface area contributed by atoms with Crippen LogP contribution >= 0.6 is 0 Å². The molecule has 3 aliphatic heterocycles. The van der Waals surface area contributed by atoms with Crippen LogP contribution in [0, 0.1) is 11.8 Å². The van der Waals surface area contributed by atoms with Gasteiger partial charge in [-0.15, -0.1) is 0 Å². The molecule has 0 aromatic rings. The zero-order valence-corrected chi connectivity index (χ0v) is 11.8. The monoisotopic (exact) mass is 266 g/mol. The number of ether oxygens (including phenoxy) is 3. The van der Waals surface area contributed by atoms with Crippen LogP contribution in [-0.2, 0) is 19.0 Å². The fourth-order valence-corrected chi connectivity index (χ4v) is 4.11. The molecule has 4 heteroatoms. The van der Waals surface area contributed by atoms with E-state index in [1.807, 2.05) is 6.92 Å². The number of epoxide rings is 2. The molecule has 0 aromatic carbocycles. The molecular formula is C15H22O4. The van der Waals surface area contributed by atoms with Gasteiger partial charge in [0.05, 0.1) is 23.2 Å². The molecule has 4 rings (SSSR count). The quantitative estimate of drug-likeness (QED) is 0.497. The van der Waals surface area contributed by atoms with Crippen LogP contribution in [-0.4, -0.2) is 35.5 Å². The molecule has 4 nitrogen and oxygen atoms in total. The van der Waals surface area contributed by atoms with Crippen molar-refractivity contribution in [3.63, 3.8) is 0 Å². The smallest absolute Gasteiger partial charge is 0.309 e. The third-order valence-corrected chi connectivity index (χ3v) is 5.84. The third kappa shape index (κ3) is 1.69. The second-order valence-corrected chi connectivity index (χ2v) is 7.20. The lowest BCUT2D eigenvalue weighted by Crippen LogP contribution is -2.31. The molecule has 0 aromatic heterocycles. The van der Waals surface area contributed by atoms with Crippen molar-refractivity contribution in [2.75, 3.05) is 0 Å². The van der Waals surface area contributed by atoms with E-state index in [1.165, 1.54) is 0 Å². The Bertz CT molecular complexity index is 436. The van der Waals surface area contributed by atoms with Crippen molar-refractivity contribution in [3.05, 3.63) is 0 Å². The first-order valence-corrected chi connectivity index (χ1v) is 7.49. The number of carbonyl (C=O) groups is 1. The fourth-order valence-electron chi connectivity index (χ4n) is 4.11. The molecule has 4 aliphatic rings. The van der Waals surface area contributed by atoms with E-state index in [9.17, 15) is 4.79 Å². The first-order valence-electron chi connectivity index (χ1n) is 7.49. The normalized spacial score (nSPS) is 59.5. The van der Waals surface area contributed by atoms with Gasteiger partial charge >= 0.3 is 5.97 Å². The molecule has 7 atom stereocenters. The van der Waals surface area contributed by atoms with Gasteiger partial charge in [0, 0.05) is 5.92 Å². The summed E-state index contributed by atoms with van der Waals surface area (Å²) in [6, 6.07) is 0. The summed E-state index contributed by atoms with van der Waals surface area (Å²) in [5, 5.41) is 0. The predicted octanol–water partition coefficient (Wildman–Crippen LogP) is 2.05. The minimum Gasteiger partial charge on any atom is -0.459 e. The summed E-state index contributed by atoms with van der Waals surface area (Å²) < 4.78 is 17.4. The molecular weight excluding hydrogens is 244 g/mol. The van der Waals surface area contributed by atoms with Crippen LogP contribution in [0.5, 0.6) is 0 Å². The van der Waals surface area contributed by atoms with E-state index in [0.717, 1.165) is 25.7 Å². The number of esters is 1. The predicted molar refractivity (Wildman–Crippen MR) is 67.6 cm³/mol. The maximum absolute atomic E-state index is 11.9. The highest BCUT2D eigenvalue weighted by Crippen LogP contribution is 2.54. The van der Waals surface area contributed by atoms with E-state index in [2.05, 4.69) is 13.8 Å². The Balaban J connectivity index is 1.60. The van der Waals surface area contributed by atoms with Gasteiger partial charge in [0.25, 0.3) is 0 Å². The van der Waals surface area contributed by atoms with Crippen LogP contribution in [0.15, 0.2) is 0 Å². The van der Waals surface area contributed by atoms with Gasteiger partial charge in [-0.1, -0.05) is 6.92 Å². The lowest BCUT2D eigenvalue weighted by molar-refractivity contribution is -0.144. The molecule has 3 heterocycles. The molecule has 1 aliphatic carbocycles. The molecule has 0 N–H and O–H groups in total. The van der Waals surface area contributed by atoms with Gasteiger partial charge in [-0.25, -0.2) is 0 Å². The fraction of sp³-hybridized carbons (Fsp3) is 0.933. The zero-order chi connectivity index (χ0) is 13.4. The maximum atomic E-state index is 11.9. The largest absolute Gasteiger partial charge is 0.459 e. The third-order valence-electron chi connectivity index (χ3n) is 5.84. The molecule has 0 spiro atoms. The summed E-state index contributed by atoms with van der Waals surface area (Å²) in [6.45, 7) is 6.34. The zero-order valence-electron chi connectivity index (χ0n) is 11.8. The molecule has 0 radical (unpaired) electrons. The molecule has 106 valence electrons. The number of hydrogen-bond acceptors (Lipinski definition) is 4. The molecule has 3 saturated heterocycles. The number of carbonyl (C=O) groups excluding carboxylic acids is 1. The Morgan fingerprint density at radius 2 is 1.84 bits per heavy atom. The molecule has 4 fully saturated rings. The topological polar surface area (TPSA) is 51.4 Å². The van der Waals surface area contributed by atoms with Crippen LogP contribution in [0.25, 0.3) is 0 Å². The summed E-state index contributed by atoms with van der Waals surface area (Å²) in [7, 11) is 0. The van der Waals surface area contributed by atoms with E-state index < -0.39 is 0 Å². The summed E-state index contributed by atoms with van der Waals surface area (Å²) in [5.74, 6) is 0.239. The Labute approximate surface area is 113 Å². The van der Waals surface area contributed by atoms with Crippen molar-refractivity contribution < 1.29 is 19.0 Å². The summed E-state index contributed by atoms with van der Waals surface area (Å²) in [4.78, 5) is 11.9. The van der Waals surface area contributed by atoms with Gasteiger partial charge in [-0.05, 0) is 39.5 Å². The van der Waals surface area contributed by atoms with Crippen molar-refractivity contribution in [1.29, 1.82) is 0 Å². The lowest BCUT2D eigenvalue weighted by atomic mass is 9.79. The van der Waals surface area contributed by atoms with Gasteiger partial charge in [0.1, 0.15) is 12.2 Å². The van der Waals surface area contributed by atoms with Crippen LogP contribution < -0.4 is 0 Å². The second-order valence-electron chi connectivity index (χ2n) is 7.20. The second kappa shape index (κ2) is 3.53. The number of hydrogen-bond donors (Lipinski definition) is 0. The minimum atomic E-state index is -0.0997. The molecule has 0 amide bonds. The van der Waals surface area contributed by atoms with Crippen LogP contribution in [0.2, 0.25) is 0 Å². The van der Waals surface area contributed by atoms with Crippen LogP contribution in [0.1, 0.15) is 46.5 Å². The van der Waals surface area contributed by atoms with Gasteiger partial charge in [-0.3, -0.25) is 4.79 Å². The Hall–Kier alpha value is -0.610. The SMILES string of the molecule is C[C@@H]1C(=O)O[C@H]2[C@H]1CC[C@]1(C)O[C@@H]1CC[C@@]1(C)O[C@H]21. The van der Waals surface area contributed by atoms with Crippen molar-refractivity contribution in [3.8, 4) is 0 Å². The van der Waals surface area contributed by atoms with Crippen molar-refractivity contribution >= 4 is 5.97 Å². The first-order chi connectivity index (χ1) is 8.93. The van der Waals surface area contributed by atoms with Gasteiger partial charge < -0.3 is 14.2 Å². The van der Waals surface area contributed by atoms with E-state index in [1.54, 1.807) is 0 Å².